The summed E-state index contributed by atoms with van der Waals surface area (Å²) < 4.78 is 21.1. The van der Waals surface area contributed by atoms with Gasteiger partial charge in [-0.25, -0.2) is 0 Å². The predicted octanol–water partition coefficient (Wildman–Crippen LogP) is 12.2. The molecular formula is C60H61NO4Si2. The Bertz CT molecular complexity index is 2580. The van der Waals surface area contributed by atoms with Crippen molar-refractivity contribution in [2.75, 3.05) is 4.90 Å². The lowest BCUT2D eigenvalue weighted by atomic mass is 10.1. The van der Waals surface area contributed by atoms with Crippen LogP contribution in [0, 0.1) is 0 Å². The molecule has 67 heavy (non-hydrogen) atoms. The molecule has 0 fully saturated rings. The lowest BCUT2D eigenvalue weighted by Crippen LogP contribution is -2.68. The van der Waals surface area contributed by atoms with Crippen molar-refractivity contribution in [1.82, 2.24) is 0 Å². The molecule has 0 aliphatic heterocycles. The van der Waals surface area contributed by atoms with Gasteiger partial charge in [-0.3, -0.25) is 4.79 Å². The molecule has 338 valence electrons. The van der Waals surface area contributed by atoms with Crippen LogP contribution >= 0.6 is 0 Å². The summed E-state index contributed by atoms with van der Waals surface area (Å²) >= 11 is 0. The Labute approximate surface area is 399 Å². The van der Waals surface area contributed by atoms with E-state index < -0.39 is 16.6 Å². The summed E-state index contributed by atoms with van der Waals surface area (Å²) in [6.07, 6.45) is 0.865. The first-order valence-corrected chi connectivity index (χ1v) is 27.0. The molecule has 0 saturated carbocycles. The quantitative estimate of drug-likeness (QED) is 0.0673. The molecule has 0 heterocycles. The monoisotopic (exact) mass is 915 g/mol. The van der Waals surface area contributed by atoms with E-state index in [1.54, 1.807) is 0 Å². The molecule has 0 unspecified atom stereocenters. The summed E-state index contributed by atoms with van der Waals surface area (Å²) in [5.74, 6) is 2.23. The molecule has 8 aromatic rings. The summed E-state index contributed by atoms with van der Waals surface area (Å²) in [7, 11) is -5.64. The Balaban J connectivity index is 1.12. The topological polar surface area (TPSA) is 48.0 Å². The minimum Gasteiger partial charge on any atom is -0.534 e. The third-order valence-corrected chi connectivity index (χ3v) is 22.6. The molecule has 8 aromatic carbocycles. The van der Waals surface area contributed by atoms with Gasteiger partial charge in [-0.1, -0.05) is 217 Å². The Morgan fingerprint density at radius 2 is 0.791 bits per heavy atom. The van der Waals surface area contributed by atoms with Crippen LogP contribution in [0.2, 0.25) is 10.1 Å². The minimum absolute atomic E-state index is 0.167. The lowest BCUT2D eigenvalue weighted by molar-refractivity contribution is 0.111. The van der Waals surface area contributed by atoms with Crippen LogP contribution in [-0.2, 0) is 19.7 Å². The first-order chi connectivity index (χ1) is 32.4. The van der Waals surface area contributed by atoms with Crippen LogP contribution in [0.25, 0.3) is 0 Å². The van der Waals surface area contributed by atoms with Crippen LogP contribution < -0.4 is 39.2 Å². The second-order valence-corrected chi connectivity index (χ2v) is 27.7. The van der Waals surface area contributed by atoms with Crippen molar-refractivity contribution in [3.63, 3.8) is 0 Å². The van der Waals surface area contributed by atoms with Crippen molar-refractivity contribution in [2.45, 2.75) is 71.3 Å². The first-order valence-electron chi connectivity index (χ1n) is 23.2. The number of rotatable bonds is 17. The van der Waals surface area contributed by atoms with Gasteiger partial charge in [0.15, 0.2) is 6.29 Å². The van der Waals surface area contributed by atoms with Gasteiger partial charge in [0, 0.05) is 24.8 Å². The maximum atomic E-state index is 12.3. The van der Waals surface area contributed by atoms with E-state index in [1.165, 1.54) is 20.7 Å². The summed E-state index contributed by atoms with van der Waals surface area (Å²) in [4.78, 5) is 14.7. The largest absolute Gasteiger partial charge is 0.534 e. The van der Waals surface area contributed by atoms with E-state index >= 15 is 0 Å². The van der Waals surface area contributed by atoms with Gasteiger partial charge in [0.1, 0.15) is 23.9 Å². The molecule has 0 aliphatic carbocycles. The number of carbonyl (C=O) groups is 1. The molecule has 5 nitrogen and oxygen atoms in total. The van der Waals surface area contributed by atoms with Crippen LogP contribution in [0.1, 0.15) is 68.6 Å². The van der Waals surface area contributed by atoms with Gasteiger partial charge in [-0.2, -0.15) is 0 Å². The third kappa shape index (κ3) is 10.2. The number of aldehydes is 1. The molecule has 8 rings (SSSR count). The fourth-order valence-corrected chi connectivity index (χ4v) is 18.2. The Morgan fingerprint density at radius 3 is 1.13 bits per heavy atom. The number of anilines is 1. The molecule has 0 amide bonds. The van der Waals surface area contributed by atoms with E-state index in [9.17, 15) is 4.79 Å². The van der Waals surface area contributed by atoms with Crippen molar-refractivity contribution in [1.29, 1.82) is 0 Å². The van der Waals surface area contributed by atoms with E-state index in [4.69, 9.17) is 13.6 Å². The van der Waals surface area contributed by atoms with Gasteiger partial charge in [-0.05, 0) is 83.9 Å². The van der Waals surface area contributed by atoms with Crippen molar-refractivity contribution in [3.05, 3.63) is 241 Å². The number of hydrogen-bond acceptors (Lipinski definition) is 5. The Morgan fingerprint density at radius 1 is 0.433 bits per heavy atom. The van der Waals surface area contributed by atoms with Crippen molar-refractivity contribution < 1.29 is 18.4 Å². The van der Waals surface area contributed by atoms with Gasteiger partial charge in [0.2, 0.25) is 0 Å². The molecular weight excluding hydrogens is 855 g/mol. The standard InChI is InChI=1S/C60H61NO4Si2/c1-59(2,3)66(54-24-14-8-15-25-54,55-26-16-9-17-27-55)64-52-38-32-47(33-39-52)43-61(51-37-36-50(45-62)58(42-51)63-46-49-22-12-7-13-23-49)44-48-34-40-53(41-35-48)65-67(60(4,5)6,56-28-18-10-19-29-56)57-30-20-11-21-31-57/h7-42,45H,43-44,46H2,1-6H3. The molecule has 0 bridgehead atoms. The van der Waals surface area contributed by atoms with Gasteiger partial charge in [0.05, 0.1) is 5.56 Å². The fraction of sp³-hybridized carbons (Fsp3) is 0.183. The van der Waals surface area contributed by atoms with Gasteiger partial charge in [-0.15, -0.1) is 0 Å². The Hall–Kier alpha value is -6.94. The van der Waals surface area contributed by atoms with Crippen LogP contribution in [-0.4, -0.2) is 22.9 Å². The molecule has 0 aliphatic rings. The summed E-state index contributed by atoms with van der Waals surface area (Å²) in [6.45, 7) is 15.3. The normalized spacial score (nSPS) is 12.0. The van der Waals surface area contributed by atoms with E-state index in [0.717, 1.165) is 40.2 Å². The highest BCUT2D eigenvalue weighted by molar-refractivity contribution is 7.00. The summed E-state index contributed by atoms with van der Waals surface area (Å²) in [5, 5.41) is 4.59. The van der Waals surface area contributed by atoms with Gasteiger partial charge < -0.3 is 18.5 Å². The summed E-state index contributed by atoms with van der Waals surface area (Å²) in [6, 6.07) is 76.0. The summed E-state index contributed by atoms with van der Waals surface area (Å²) in [5.41, 5.74) is 4.71. The average Bonchev–Trinajstić information content (AvgIpc) is 3.35. The molecule has 0 spiro atoms. The maximum absolute atomic E-state index is 12.3. The zero-order chi connectivity index (χ0) is 46.9. The molecule has 0 atom stereocenters. The van der Waals surface area contributed by atoms with Crippen molar-refractivity contribution in [2.24, 2.45) is 0 Å². The number of hydrogen-bond donors (Lipinski definition) is 0. The van der Waals surface area contributed by atoms with Gasteiger partial charge >= 0.3 is 16.6 Å². The average molecular weight is 916 g/mol. The molecule has 0 saturated heterocycles. The second-order valence-electron chi connectivity index (χ2n) is 19.3. The smallest absolute Gasteiger partial charge is 0.319 e. The third-order valence-electron chi connectivity index (χ3n) is 12.7. The van der Waals surface area contributed by atoms with E-state index in [-0.39, 0.29) is 10.1 Å². The highest BCUT2D eigenvalue weighted by Crippen LogP contribution is 2.39. The van der Waals surface area contributed by atoms with Gasteiger partial charge in [0.25, 0.3) is 0 Å². The SMILES string of the molecule is CC(C)(C)[Si](Oc1ccc(CN(Cc2ccc(O[Si](c3ccccc3)(c3ccccc3)C(C)(C)C)cc2)c2ccc(C=O)c(OCc3ccccc3)c2)cc1)(c1ccccc1)c1ccccc1. The number of carbonyl (C=O) groups excluding carboxylic acids is 1. The van der Waals surface area contributed by atoms with Crippen LogP contribution in [0.3, 0.4) is 0 Å². The lowest BCUT2D eigenvalue weighted by Gasteiger charge is -2.43. The molecule has 0 aromatic heterocycles. The second kappa shape index (κ2) is 20.3. The molecule has 0 radical (unpaired) electrons. The van der Waals surface area contributed by atoms with E-state index in [2.05, 4.69) is 216 Å². The predicted molar refractivity (Wildman–Crippen MR) is 282 cm³/mol. The minimum atomic E-state index is -2.82. The van der Waals surface area contributed by atoms with E-state index in [1.807, 2.05) is 48.5 Å². The molecule has 0 N–H and O–H groups in total. The van der Waals surface area contributed by atoms with Crippen LogP contribution in [0.5, 0.6) is 17.2 Å². The first kappa shape index (κ1) is 46.6. The molecule has 7 heteroatoms. The Kier molecular flexibility index (Phi) is 14.1. The van der Waals surface area contributed by atoms with Crippen LogP contribution in [0.15, 0.2) is 218 Å². The highest BCUT2D eigenvalue weighted by Gasteiger charge is 2.53. The van der Waals surface area contributed by atoms with Crippen LogP contribution in [0.4, 0.5) is 5.69 Å². The van der Waals surface area contributed by atoms with Crippen molar-refractivity contribution in [3.8, 4) is 17.2 Å². The number of nitrogens with zero attached hydrogens (tertiary/aromatic N) is 1. The maximum Gasteiger partial charge on any atom is 0.319 e. The number of benzene rings is 8. The zero-order valence-corrected chi connectivity index (χ0v) is 41.6. The van der Waals surface area contributed by atoms with E-state index in [0.29, 0.717) is 31.0 Å². The number of ether oxygens (including phenoxy) is 1. The zero-order valence-electron chi connectivity index (χ0n) is 39.6. The van der Waals surface area contributed by atoms with Crippen molar-refractivity contribution >= 4 is 49.4 Å². The highest BCUT2D eigenvalue weighted by atomic mass is 28.4. The fourth-order valence-electron chi connectivity index (χ4n) is 9.33.